The van der Waals surface area contributed by atoms with Crippen LogP contribution < -0.4 is 18.5 Å². The van der Waals surface area contributed by atoms with Gasteiger partial charge in [-0.15, -0.1) is 13.2 Å². The third-order valence-electron chi connectivity index (χ3n) is 9.33. The average molecular weight is 761 g/mol. The van der Waals surface area contributed by atoms with Crippen molar-refractivity contribution in [1.82, 2.24) is 4.90 Å². The number of rotatable bonds is 10. The van der Waals surface area contributed by atoms with Crippen LogP contribution in [-0.4, -0.2) is 74.2 Å². The second kappa shape index (κ2) is 13.3. The SMILES string of the molecule is COc1ccc(S(=O)(=O)N2C(=O)C(c3cc(C)ccc3OC)(N3C[C@H](O)C[C@@]3(Cc3ccccc3)C(=O)O)c3cc(Cl)ccc32)c(OC(F)(F)F)c1. The second-order valence-corrected chi connectivity index (χ2v) is 14.7. The molecule has 1 amide bonds. The molecule has 1 unspecified atom stereocenters. The maximum atomic E-state index is 15.6. The Labute approximate surface area is 301 Å². The highest BCUT2D eigenvalue weighted by molar-refractivity contribution is 7.93. The van der Waals surface area contributed by atoms with Gasteiger partial charge in [0.05, 0.1) is 26.0 Å². The molecule has 2 aliphatic heterocycles. The number of likely N-dealkylation sites (tertiary alicyclic amines) is 1. The molecule has 0 saturated carbocycles. The molecule has 4 aromatic carbocycles. The van der Waals surface area contributed by atoms with Gasteiger partial charge in [-0.25, -0.2) is 12.7 Å². The highest BCUT2D eigenvalue weighted by atomic mass is 35.5. The van der Waals surface area contributed by atoms with E-state index in [2.05, 4.69) is 4.74 Å². The van der Waals surface area contributed by atoms with E-state index < -0.39 is 62.6 Å². The molecule has 0 spiro atoms. The second-order valence-electron chi connectivity index (χ2n) is 12.5. The largest absolute Gasteiger partial charge is 0.573 e. The van der Waals surface area contributed by atoms with Crippen LogP contribution in [0.15, 0.2) is 89.8 Å². The number of methoxy groups -OCH3 is 2. The Kier molecular flexibility index (Phi) is 9.45. The van der Waals surface area contributed by atoms with Gasteiger partial charge in [-0.1, -0.05) is 53.6 Å². The molecule has 4 aromatic rings. The summed E-state index contributed by atoms with van der Waals surface area (Å²) in [5.74, 6) is -4.01. The van der Waals surface area contributed by atoms with E-state index >= 15 is 4.79 Å². The first kappa shape index (κ1) is 36.9. The van der Waals surface area contributed by atoms with Crippen molar-refractivity contribution < 1.29 is 55.6 Å². The van der Waals surface area contributed by atoms with E-state index in [4.69, 9.17) is 21.1 Å². The van der Waals surface area contributed by atoms with E-state index in [0.29, 0.717) is 21.5 Å². The molecule has 0 radical (unpaired) electrons. The molecule has 0 aliphatic carbocycles. The number of nitrogens with zero attached hydrogens (tertiary/aromatic N) is 2. The van der Waals surface area contributed by atoms with Gasteiger partial charge < -0.3 is 24.4 Å². The minimum atomic E-state index is -5.35. The van der Waals surface area contributed by atoms with Gasteiger partial charge in [0.25, 0.3) is 15.9 Å². The Bertz CT molecular complexity index is 2170. The molecule has 1 saturated heterocycles. The zero-order valence-electron chi connectivity index (χ0n) is 27.8. The Morgan fingerprint density at radius 1 is 0.962 bits per heavy atom. The fourth-order valence-electron chi connectivity index (χ4n) is 7.28. The van der Waals surface area contributed by atoms with Gasteiger partial charge in [-0.3, -0.25) is 14.5 Å². The first-order valence-electron chi connectivity index (χ1n) is 15.7. The van der Waals surface area contributed by atoms with E-state index in [-0.39, 0.29) is 46.2 Å². The molecule has 3 atom stereocenters. The molecule has 1 fully saturated rings. The van der Waals surface area contributed by atoms with Gasteiger partial charge in [0.1, 0.15) is 21.9 Å². The smallest absolute Gasteiger partial charge is 0.497 e. The Hall–Kier alpha value is -4.83. The van der Waals surface area contributed by atoms with Crippen LogP contribution in [0.1, 0.15) is 28.7 Å². The normalized spacial score (nSPS) is 22.0. The van der Waals surface area contributed by atoms with Crippen molar-refractivity contribution in [2.24, 2.45) is 0 Å². The topological polar surface area (TPSA) is 143 Å². The van der Waals surface area contributed by atoms with Crippen molar-refractivity contribution in [2.75, 3.05) is 25.1 Å². The van der Waals surface area contributed by atoms with Crippen LogP contribution in [-0.2, 0) is 31.6 Å². The number of aliphatic hydroxyl groups excluding tert-OH is 1. The predicted molar refractivity (Wildman–Crippen MR) is 182 cm³/mol. The van der Waals surface area contributed by atoms with Crippen molar-refractivity contribution in [3.8, 4) is 17.2 Å². The van der Waals surface area contributed by atoms with E-state index in [0.717, 1.165) is 19.2 Å². The molecule has 274 valence electrons. The van der Waals surface area contributed by atoms with Gasteiger partial charge in [0, 0.05) is 41.6 Å². The number of carbonyl (C=O) groups excluding carboxylic acids is 1. The van der Waals surface area contributed by atoms with E-state index in [1.165, 1.54) is 42.3 Å². The summed E-state index contributed by atoms with van der Waals surface area (Å²) >= 11 is 6.55. The summed E-state index contributed by atoms with van der Waals surface area (Å²) in [5.41, 5.74) is -3.81. The van der Waals surface area contributed by atoms with Crippen molar-refractivity contribution in [3.05, 3.63) is 112 Å². The number of amides is 1. The lowest BCUT2D eigenvalue weighted by Crippen LogP contribution is -2.64. The first-order chi connectivity index (χ1) is 24.5. The van der Waals surface area contributed by atoms with Gasteiger partial charge in [-0.05, 0) is 55.0 Å². The number of hydrogen-bond donors (Lipinski definition) is 2. The number of β-amino-alcohol motifs (C(OH)–C–C–N with tert-alkyl or cyclic N) is 1. The number of carboxylic acid groups (broad SMARTS) is 1. The Morgan fingerprint density at radius 3 is 2.31 bits per heavy atom. The van der Waals surface area contributed by atoms with E-state index in [1.807, 2.05) is 0 Å². The number of hydrogen-bond acceptors (Lipinski definition) is 9. The Balaban J connectivity index is 1.71. The van der Waals surface area contributed by atoms with Crippen LogP contribution in [0, 0.1) is 6.92 Å². The number of carbonyl (C=O) groups is 2. The van der Waals surface area contributed by atoms with Crippen LogP contribution in [0.3, 0.4) is 0 Å². The molecular weight excluding hydrogens is 729 g/mol. The maximum absolute atomic E-state index is 15.6. The number of benzene rings is 4. The molecule has 16 heteroatoms. The number of anilines is 1. The summed E-state index contributed by atoms with van der Waals surface area (Å²) in [6.07, 6.45) is -7.30. The monoisotopic (exact) mass is 760 g/mol. The lowest BCUT2D eigenvalue weighted by Gasteiger charge is -2.46. The molecule has 2 heterocycles. The molecule has 11 nitrogen and oxygen atoms in total. The highest BCUT2D eigenvalue weighted by Crippen LogP contribution is 2.57. The summed E-state index contributed by atoms with van der Waals surface area (Å²) in [6.45, 7) is 1.24. The third-order valence-corrected chi connectivity index (χ3v) is 11.3. The van der Waals surface area contributed by atoms with E-state index in [1.54, 1.807) is 43.3 Å². The van der Waals surface area contributed by atoms with Crippen LogP contribution >= 0.6 is 11.6 Å². The minimum absolute atomic E-state index is 0.00972. The summed E-state index contributed by atoms with van der Waals surface area (Å²) in [6, 6.07) is 19.6. The fraction of sp³-hybridized carbons (Fsp3) is 0.278. The highest BCUT2D eigenvalue weighted by Gasteiger charge is 2.68. The number of sulfonamides is 1. The van der Waals surface area contributed by atoms with Gasteiger partial charge in [0.2, 0.25) is 0 Å². The summed E-state index contributed by atoms with van der Waals surface area (Å²) in [4.78, 5) is 29.5. The first-order valence-corrected chi connectivity index (χ1v) is 17.5. The number of fused-ring (bicyclic) bond motifs is 1. The van der Waals surface area contributed by atoms with E-state index in [9.17, 15) is 36.6 Å². The summed E-state index contributed by atoms with van der Waals surface area (Å²) < 4.78 is 85.8. The molecule has 52 heavy (non-hydrogen) atoms. The predicted octanol–water partition coefficient (Wildman–Crippen LogP) is 5.68. The van der Waals surface area contributed by atoms with Crippen molar-refractivity contribution in [2.45, 2.75) is 48.2 Å². The van der Waals surface area contributed by atoms with Crippen LogP contribution in [0.2, 0.25) is 5.02 Å². The minimum Gasteiger partial charge on any atom is -0.497 e. The number of carboxylic acids is 1. The number of aryl methyl sites for hydroxylation is 1. The van der Waals surface area contributed by atoms with Crippen molar-refractivity contribution >= 4 is 39.2 Å². The quantitative estimate of drug-likeness (QED) is 0.208. The number of alkyl halides is 3. The average Bonchev–Trinajstić information content (AvgIpc) is 3.55. The lowest BCUT2D eigenvalue weighted by atomic mass is 9.76. The zero-order chi connectivity index (χ0) is 37.8. The maximum Gasteiger partial charge on any atom is 0.573 e. The summed E-state index contributed by atoms with van der Waals surface area (Å²) in [7, 11) is -2.87. The number of halogens is 4. The Morgan fingerprint density at radius 2 is 1.67 bits per heavy atom. The fourth-order valence-corrected chi connectivity index (χ4v) is 9.01. The number of ether oxygens (including phenoxy) is 3. The van der Waals surface area contributed by atoms with Gasteiger partial charge >= 0.3 is 12.3 Å². The lowest BCUT2D eigenvalue weighted by molar-refractivity contribution is -0.275. The molecule has 2 N–H and O–H groups in total. The van der Waals surface area contributed by atoms with Gasteiger partial charge in [-0.2, -0.15) is 0 Å². The molecule has 0 aromatic heterocycles. The molecule has 0 bridgehead atoms. The van der Waals surface area contributed by atoms with Gasteiger partial charge in [0.15, 0.2) is 11.3 Å². The number of aliphatic hydroxyl groups is 1. The zero-order valence-corrected chi connectivity index (χ0v) is 29.4. The van der Waals surface area contributed by atoms with Crippen molar-refractivity contribution in [1.29, 1.82) is 0 Å². The number of aliphatic carboxylic acids is 1. The molecule has 2 aliphatic rings. The third kappa shape index (κ3) is 6.00. The summed E-state index contributed by atoms with van der Waals surface area (Å²) in [5, 5.41) is 22.4. The van der Waals surface area contributed by atoms with Crippen molar-refractivity contribution in [3.63, 3.8) is 0 Å². The van der Waals surface area contributed by atoms with Crippen LogP contribution in [0.25, 0.3) is 0 Å². The standard InChI is InChI=1S/C36H32ClF3N2O9S/c1-21-9-13-29(50-3)27(15-21)35(41-20-24(43)19-34(41,33(45)46)18-22-7-5-4-6-8-22)26-16-23(37)10-12-28(26)42(32(35)44)52(47,48)31-14-11-25(49-2)17-30(31)51-36(38,39)40/h4-17,24,43H,18-20H2,1-3H3,(H,45,46)/t24-,34+,35?/m1/s1. The van der Waals surface area contributed by atoms with Crippen LogP contribution in [0.5, 0.6) is 17.2 Å². The van der Waals surface area contributed by atoms with Crippen LogP contribution in [0.4, 0.5) is 18.9 Å². The molecular formula is C36H32ClF3N2O9S. The molecule has 6 rings (SSSR count).